The summed E-state index contributed by atoms with van der Waals surface area (Å²) in [6.07, 6.45) is 2.76. The van der Waals surface area contributed by atoms with Gasteiger partial charge in [0.15, 0.2) is 0 Å². The Hall–Kier alpha value is -4.32. The molecule has 6 nitrogen and oxygen atoms in total. The predicted octanol–water partition coefficient (Wildman–Crippen LogP) is 6.66. The second-order valence-electron chi connectivity index (χ2n) is 9.84. The molecule has 0 aromatic heterocycles. The van der Waals surface area contributed by atoms with E-state index in [9.17, 15) is 20.4 Å². The molecular weight excluding hydrogens is 480 g/mol. The van der Waals surface area contributed by atoms with Crippen molar-refractivity contribution in [2.24, 2.45) is 0 Å². The molecule has 1 aliphatic rings. The summed E-state index contributed by atoms with van der Waals surface area (Å²) in [4.78, 5) is 0. The monoisotopic (exact) mass is 512 g/mol. The van der Waals surface area contributed by atoms with Gasteiger partial charge in [-0.15, -0.1) is 0 Å². The Morgan fingerprint density at radius 1 is 0.868 bits per heavy atom. The van der Waals surface area contributed by atoms with Gasteiger partial charge in [0.1, 0.15) is 40.6 Å². The molecule has 0 aliphatic carbocycles. The number of phenols is 4. The fourth-order valence-corrected chi connectivity index (χ4v) is 5.36. The van der Waals surface area contributed by atoms with E-state index in [1.54, 1.807) is 43.5 Å². The zero-order chi connectivity index (χ0) is 26.8. The highest BCUT2D eigenvalue weighted by molar-refractivity contribution is 5.57. The number of aromatic hydroxyl groups is 4. The van der Waals surface area contributed by atoms with Crippen LogP contribution in [0.5, 0.6) is 34.5 Å². The van der Waals surface area contributed by atoms with Crippen molar-refractivity contribution in [3.63, 3.8) is 0 Å². The standard InChI is InChI=1S/C32H32O6/c1-19-31(36)28(17-23-9-16-29(38-32(19)23)21-5-12-25(34)13-6-21)27(20-3-10-24(33)11-4-20)15-8-22-7-14-26(35)18-30(22)37-2/h3-7,10-14,17-18,27,29,33-36H,8-9,15-16H2,1-2H3/t27-,29-/m1/s1. The molecule has 4 N–H and O–H groups in total. The van der Waals surface area contributed by atoms with Crippen molar-refractivity contribution in [2.45, 2.75) is 44.6 Å². The van der Waals surface area contributed by atoms with Gasteiger partial charge in [-0.25, -0.2) is 0 Å². The molecule has 4 aromatic carbocycles. The second-order valence-corrected chi connectivity index (χ2v) is 9.84. The highest BCUT2D eigenvalue weighted by Crippen LogP contribution is 2.46. The van der Waals surface area contributed by atoms with Crippen molar-refractivity contribution >= 4 is 0 Å². The zero-order valence-corrected chi connectivity index (χ0v) is 21.5. The highest BCUT2D eigenvalue weighted by Gasteiger charge is 2.28. The third-order valence-corrected chi connectivity index (χ3v) is 7.44. The molecule has 4 aromatic rings. The van der Waals surface area contributed by atoms with Gasteiger partial charge in [0.2, 0.25) is 0 Å². The third-order valence-electron chi connectivity index (χ3n) is 7.44. The average molecular weight is 513 g/mol. The van der Waals surface area contributed by atoms with E-state index < -0.39 is 0 Å². The maximum absolute atomic E-state index is 11.4. The van der Waals surface area contributed by atoms with E-state index in [0.29, 0.717) is 29.9 Å². The lowest BCUT2D eigenvalue weighted by molar-refractivity contribution is 0.174. The lowest BCUT2D eigenvalue weighted by Crippen LogP contribution is -2.17. The fourth-order valence-electron chi connectivity index (χ4n) is 5.36. The van der Waals surface area contributed by atoms with E-state index in [-0.39, 0.29) is 35.0 Å². The maximum Gasteiger partial charge on any atom is 0.130 e. The van der Waals surface area contributed by atoms with Crippen molar-refractivity contribution in [1.82, 2.24) is 0 Å². The zero-order valence-electron chi connectivity index (χ0n) is 21.5. The molecule has 0 saturated heterocycles. The minimum Gasteiger partial charge on any atom is -0.508 e. The van der Waals surface area contributed by atoms with Crippen LogP contribution in [-0.4, -0.2) is 27.5 Å². The summed E-state index contributed by atoms with van der Waals surface area (Å²) >= 11 is 0. The van der Waals surface area contributed by atoms with Gasteiger partial charge in [0.25, 0.3) is 0 Å². The van der Waals surface area contributed by atoms with Crippen molar-refractivity contribution in [3.05, 3.63) is 106 Å². The topological polar surface area (TPSA) is 99.4 Å². The Morgan fingerprint density at radius 2 is 1.53 bits per heavy atom. The van der Waals surface area contributed by atoms with Gasteiger partial charge in [0, 0.05) is 23.1 Å². The van der Waals surface area contributed by atoms with Crippen LogP contribution in [-0.2, 0) is 12.8 Å². The summed E-state index contributed by atoms with van der Waals surface area (Å²) in [5.41, 5.74) is 5.50. The number of methoxy groups -OCH3 is 1. The third kappa shape index (κ3) is 5.07. The van der Waals surface area contributed by atoms with E-state index in [1.165, 1.54) is 0 Å². The van der Waals surface area contributed by atoms with Crippen LogP contribution in [0.3, 0.4) is 0 Å². The molecular formula is C32H32O6. The van der Waals surface area contributed by atoms with Crippen LogP contribution in [0.15, 0.2) is 72.8 Å². The number of phenolic OH excluding ortho intramolecular Hbond substituents is 4. The number of ether oxygens (including phenoxy) is 2. The smallest absolute Gasteiger partial charge is 0.130 e. The first-order chi connectivity index (χ1) is 18.3. The highest BCUT2D eigenvalue weighted by atomic mass is 16.5. The van der Waals surface area contributed by atoms with E-state index in [1.807, 2.05) is 37.3 Å². The minimum absolute atomic E-state index is 0.145. The van der Waals surface area contributed by atoms with Crippen molar-refractivity contribution in [1.29, 1.82) is 0 Å². The van der Waals surface area contributed by atoms with Gasteiger partial charge < -0.3 is 29.9 Å². The molecule has 2 atom stereocenters. The number of hydrogen-bond donors (Lipinski definition) is 4. The average Bonchev–Trinajstić information content (AvgIpc) is 2.93. The number of aryl methyl sites for hydroxylation is 2. The van der Waals surface area contributed by atoms with Gasteiger partial charge in [0.05, 0.1) is 7.11 Å². The van der Waals surface area contributed by atoms with Crippen molar-refractivity contribution < 1.29 is 29.9 Å². The summed E-state index contributed by atoms with van der Waals surface area (Å²) < 4.78 is 11.9. The fraction of sp³-hybridized carbons (Fsp3) is 0.250. The molecule has 0 spiro atoms. The Morgan fingerprint density at radius 3 is 2.21 bits per heavy atom. The molecule has 0 saturated carbocycles. The number of fused-ring (bicyclic) bond motifs is 1. The Bertz CT molecular complexity index is 1430. The first-order valence-corrected chi connectivity index (χ1v) is 12.8. The maximum atomic E-state index is 11.4. The lowest BCUT2D eigenvalue weighted by Gasteiger charge is -2.30. The molecule has 0 bridgehead atoms. The summed E-state index contributed by atoms with van der Waals surface area (Å²) in [5.74, 6) is 1.93. The predicted molar refractivity (Wildman–Crippen MR) is 146 cm³/mol. The molecule has 0 fully saturated rings. The number of hydrogen-bond acceptors (Lipinski definition) is 6. The van der Waals surface area contributed by atoms with Crippen molar-refractivity contribution in [3.8, 4) is 34.5 Å². The van der Waals surface area contributed by atoms with E-state index in [0.717, 1.165) is 40.7 Å². The van der Waals surface area contributed by atoms with Crippen LogP contribution in [0.1, 0.15) is 58.2 Å². The second kappa shape index (κ2) is 10.6. The SMILES string of the molecule is COc1cc(O)ccc1CC[C@H](c1ccc(O)cc1)c1cc2c(c(C)c1O)O[C@@H](c1ccc(O)cc1)CC2. The van der Waals surface area contributed by atoms with Crippen LogP contribution < -0.4 is 9.47 Å². The molecule has 0 radical (unpaired) electrons. The molecule has 1 heterocycles. The van der Waals surface area contributed by atoms with Crippen LogP contribution in [0.25, 0.3) is 0 Å². The van der Waals surface area contributed by atoms with Gasteiger partial charge in [-0.1, -0.05) is 30.3 Å². The van der Waals surface area contributed by atoms with E-state index >= 15 is 0 Å². The van der Waals surface area contributed by atoms with E-state index in [2.05, 4.69) is 6.07 Å². The minimum atomic E-state index is -0.151. The van der Waals surface area contributed by atoms with E-state index in [4.69, 9.17) is 9.47 Å². The Balaban J connectivity index is 1.49. The number of rotatable bonds is 7. The number of benzene rings is 4. The molecule has 38 heavy (non-hydrogen) atoms. The molecule has 0 amide bonds. The first kappa shape index (κ1) is 25.3. The quantitative estimate of drug-likeness (QED) is 0.221. The first-order valence-electron chi connectivity index (χ1n) is 12.8. The summed E-state index contributed by atoms with van der Waals surface area (Å²) in [5, 5.41) is 40.8. The molecule has 1 aliphatic heterocycles. The Kier molecular flexibility index (Phi) is 7.05. The normalized spacial score (nSPS) is 15.4. The van der Waals surface area contributed by atoms with Gasteiger partial charge in [-0.05, 0) is 91.3 Å². The summed E-state index contributed by atoms with van der Waals surface area (Å²) in [7, 11) is 1.58. The lowest BCUT2D eigenvalue weighted by atomic mass is 9.82. The van der Waals surface area contributed by atoms with Gasteiger partial charge >= 0.3 is 0 Å². The Labute approximate surface area is 222 Å². The molecule has 0 unspecified atom stereocenters. The summed E-state index contributed by atoms with van der Waals surface area (Å²) in [6.45, 7) is 1.88. The largest absolute Gasteiger partial charge is 0.508 e. The van der Waals surface area contributed by atoms with Gasteiger partial charge in [-0.3, -0.25) is 0 Å². The van der Waals surface area contributed by atoms with Crippen molar-refractivity contribution in [2.75, 3.05) is 7.11 Å². The van der Waals surface area contributed by atoms with Crippen LogP contribution in [0.2, 0.25) is 0 Å². The molecule has 6 heteroatoms. The summed E-state index contributed by atoms with van der Waals surface area (Å²) in [6, 6.07) is 21.3. The van der Waals surface area contributed by atoms with Crippen LogP contribution in [0, 0.1) is 6.92 Å². The van der Waals surface area contributed by atoms with Crippen LogP contribution >= 0.6 is 0 Å². The van der Waals surface area contributed by atoms with Gasteiger partial charge in [-0.2, -0.15) is 0 Å². The van der Waals surface area contributed by atoms with Crippen LogP contribution in [0.4, 0.5) is 0 Å². The molecule has 5 rings (SSSR count). The molecule has 196 valence electrons.